The van der Waals surface area contributed by atoms with E-state index in [1.165, 1.54) is 22.0 Å². The molecule has 0 saturated carbocycles. The maximum Gasteiger partial charge on any atom is 0.264 e. The van der Waals surface area contributed by atoms with E-state index in [0.29, 0.717) is 18.0 Å². The van der Waals surface area contributed by atoms with Gasteiger partial charge in [0, 0.05) is 18.0 Å². The van der Waals surface area contributed by atoms with Gasteiger partial charge in [-0.25, -0.2) is 23.4 Å². The van der Waals surface area contributed by atoms with Gasteiger partial charge in [0.05, 0.1) is 32.4 Å². The highest BCUT2D eigenvalue weighted by Gasteiger charge is 2.31. The van der Waals surface area contributed by atoms with Gasteiger partial charge in [0.25, 0.3) is 10.0 Å². The minimum absolute atomic E-state index is 0.240. The van der Waals surface area contributed by atoms with Crippen LogP contribution in [0, 0.1) is 6.92 Å². The highest BCUT2D eigenvalue weighted by atomic mass is 32.2. The number of aryl methyl sites for hydroxylation is 1. The van der Waals surface area contributed by atoms with Crippen LogP contribution in [0.1, 0.15) is 5.01 Å². The van der Waals surface area contributed by atoms with Gasteiger partial charge < -0.3 is 4.74 Å². The summed E-state index contributed by atoms with van der Waals surface area (Å²) in [5.41, 5.74) is 2.95. The fourth-order valence-electron chi connectivity index (χ4n) is 3.38. The van der Waals surface area contributed by atoms with E-state index in [1.807, 2.05) is 13.0 Å². The maximum absolute atomic E-state index is 13.5. The zero-order valence-corrected chi connectivity index (χ0v) is 17.1. The van der Waals surface area contributed by atoms with Crippen LogP contribution in [0.25, 0.3) is 21.3 Å². The molecule has 0 radical (unpaired) electrons. The molecule has 9 heteroatoms. The zero-order valence-electron chi connectivity index (χ0n) is 15.4. The molecule has 0 saturated heterocycles. The molecule has 0 fully saturated rings. The van der Waals surface area contributed by atoms with Gasteiger partial charge in [-0.15, -0.1) is 11.3 Å². The number of hydrogen-bond donors (Lipinski definition) is 0. The van der Waals surface area contributed by atoms with Crippen molar-refractivity contribution in [1.29, 1.82) is 0 Å². The molecule has 0 bridgehead atoms. The van der Waals surface area contributed by atoms with Crippen LogP contribution in [0.2, 0.25) is 0 Å². The molecular weight excluding hydrogens is 408 g/mol. The van der Waals surface area contributed by atoms with Crippen LogP contribution in [-0.4, -0.2) is 36.5 Å². The molecule has 7 nitrogen and oxygen atoms in total. The third-order valence-electron chi connectivity index (χ3n) is 4.73. The van der Waals surface area contributed by atoms with Crippen molar-refractivity contribution in [1.82, 2.24) is 15.0 Å². The zero-order chi connectivity index (χ0) is 20.0. The molecule has 0 atom stereocenters. The summed E-state index contributed by atoms with van der Waals surface area (Å²) in [4.78, 5) is 12.7. The van der Waals surface area contributed by atoms with Crippen molar-refractivity contribution in [3.05, 3.63) is 60.1 Å². The number of nitrogens with zero attached hydrogens (tertiary/aromatic N) is 4. The molecule has 4 aromatic rings. The van der Waals surface area contributed by atoms with Crippen LogP contribution >= 0.6 is 11.3 Å². The van der Waals surface area contributed by atoms with Crippen LogP contribution in [0.3, 0.4) is 0 Å². The Morgan fingerprint density at radius 1 is 1.07 bits per heavy atom. The summed E-state index contributed by atoms with van der Waals surface area (Å²) >= 11 is 1.48. The molecule has 1 aliphatic rings. The average molecular weight is 425 g/mol. The van der Waals surface area contributed by atoms with E-state index in [9.17, 15) is 8.42 Å². The molecule has 1 aliphatic heterocycles. The van der Waals surface area contributed by atoms with Crippen LogP contribution in [0.4, 0.5) is 5.69 Å². The standard InChI is InChI=1S/C20H16N4O3S2/c1-13-23-17-4-3-16(9-20(17)28-13)29(25,26)24-6-7-27-19-5-2-14(8-18(19)24)15-10-21-12-22-11-15/h2-5,8-12H,6-7H2,1H3. The van der Waals surface area contributed by atoms with Crippen molar-refractivity contribution in [3.63, 3.8) is 0 Å². The Labute approximate surface area is 171 Å². The molecule has 0 aliphatic carbocycles. The lowest BCUT2D eigenvalue weighted by Crippen LogP contribution is -2.37. The highest BCUT2D eigenvalue weighted by molar-refractivity contribution is 7.92. The fourth-order valence-corrected chi connectivity index (χ4v) is 5.80. The summed E-state index contributed by atoms with van der Waals surface area (Å²) < 4.78 is 34.9. The van der Waals surface area contributed by atoms with Crippen LogP contribution in [0.15, 0.2) is 60.0 Å². The molecule has 146 valence electrons. The predicted molar refractivity (Wildman–Crippen MR) is 112 cm³/mol. The van der Waals surface area contributed by atoms with Gasteiger partial charge in [-0.05, 0) is 42.8 Å². The topological polar surface area (TPSA) is 85.3 Å². The third-order valence-corrected chi connectivity index (χ3v) is 7.47. The van der Waals surface area contributed by atoms with E-state index in [-0.39, 0.29) is 11.4 Å². The minimum atomic E-state index is -3.76. The van der Waals surface area contributed by atoms with Crippen molar-refractivity contribution in [2.24, 2.45) is 0 Å². The second-order valence-corrected chi connectivity index (χ2v) is 9.69. The predicted octanol–water partition coefficient (Wildman–Crippen LogP) is 3.65. The number of sulfonamides is 1. The van der Waals surface area contributed by atoms with Crippen LogP contribution < -0.4 is 9.04 Å². The second kappa shape index (κ2) is 6.78. The lowest BCUT2D eigenvalue weighted by Gasteiger charge is -2.31. The van der Waals surface area contributed by atoms with Crippen molar-refractivity contribution < 1.29 is 13.2 Å². The normalized spacial score (nSPS) is 13.9. The third kappa shape index (κ3) is 3.12. The Morgan fingerprint density at radius 3 is 2.72 bits per heavy atom. The van der Waals surface area contributed by atoms with Crippen molar-refractivity contribution >= 4 is 37.3 Å². The molecule has 0 amide bonds. The van der Waals surface area contributed by atoms with Gasteiger partial charge in [0.1, 0.15) is 18.7 Å². The Balaban J connectivity index is 1.61. The Hall–Kier alpha value is -3.04. The monoisotopic (exact) mass is 424 g/mol. The quantitative estimate of drug-likeness (QED) is 0.499. The number of benzene rings is 2. The van der Waals surface area contributed by atoms with E-state index >= 15 is 0 Å². The molecule has 3 heterocycles. The smallest absolute Gasteiger partial charge is 0.264 e. The van der Waals surface area contributed by atoms with Crippen molar-refractivity contribution in [2.45, 2.75) is 11.8 Å². The summed E-state index contributed by atoms with van der Waals surface area (Å²) in [6.07, 6.45) is 4.84. The van der Waals surface area contributed by atoms with Crippen molar-refractivity contribution in [2.75, 3.05) is 17.5 Å². The SMILES string of the molecule is Cc1nc2ccc(S(=O)(=O)N3CCOc4ccc(-c5cncnc5)cc43)cc2s1. The number of thiazole rings is 1. The van der Waals surface area contributed by atoms with Gasteiger partial charge in [-0.1, -0.05) is 6.07 Å². The van der Waals surface area contributed by atoms with E-state index in [0.717, 1.165) is 26.4 Å². The van der Waals surface area contributed by atoms with Gasteiger partial charge in [0.15, 0.2) is 0 Å². The summed E-state index contributed by atoms with van der Waals surface area (Å²) in [5, 5.41) is 0.904. The lowest BCUT2D eigenvalue weighted by molar-refractivity contribution is 0.316. The molecule has 29 heavy (non-hydrogen) atoms. The molecule has 2 aromatic heterocycles. The summed E-state index contributed by atoms with van der Waals surface area (Å²) in [7, 11) is -3.76. The fraction of sp³-hybridized carbons (Fsp3) is 0.150. The molecule has 5 rings (SSSR count). The first kappa shape index (κ1) is 18.0. The number of hydrogen-bond acceptors (Lipinski definition) is 7. The molecule has 2 aromatic carbocycles. The summed E-state index contributed by atoms with van der Waals surface area (Å²) in [5.74, 6) is 0.537. The van der Waals surface area contributed by atoms with E-state index in [4.69, 9.17) is 4.74 Å². The Kier molecular flexibility index (Phi) is 4.21. The number of anilines is 1. The first-order valence-electron chi connectivity index (χ1n) is 8.94. The first-order chi connectivity index (χ1) is 14.0. The second-order valence-electron chi connectivity index (χ2n) is 6.60. The van der Waals surface area contributed by atoms with E-state index in [2.05, 4.69) is 15.0 Å². The van der Waals surface area contributed by atoms with Crippen LogP contribution in [-0.2, 0) is 10.0 Å². The largest absolute Gasteiger partial charge is 0.489 e. The van der Waals surface area contributed by atoms with Gasteiger partial charge in [0.2, 0.25) is 0 Å². The van der Waals surface area contributed by atoms with Gasteiger partial charge in [-0.2, -0.15) is 0 Å². The van der Waals surface area contributed by atoms with Crippen LogP contribution in [0.5, 0.6) is 5.75 Å². The Bertz CT molecular complexity index is 1320. The Morgan fingerprint density at radius 2 is 1.90 bits per heavy atom. The summed E-state index contributed by atoms with van der Waals surface area (Å²) in [6, 6.07) is 10.5. The number of ether oxygens (including phenoxy) is 1. The number of rotatable bonds is 3. The average Bonchev–Trinajstić information content (AvgIpc) is 3.12. The van der Waals surface area contributed by atoms with E-state index < -0.39 is 10.0 Å². The summed E-state index contributed by atoms with van der Waals surface area (Å²) in [6.45, 7) is 2.44. The molecule has 0 spiro atoms. The maximum atomic E-state index is 13.5. The molecule has 0 N–H and O–H groups in total. The van der Waals surface area contributed by atoms with E-state index in [1.54, 1.807) is 42.7 Å². The first-order valence-corrected chi connectivity index (χ1v) is 11.2. The number of aromatic nitrogens is 3. The number of fused-ring (bicyclic) bond motifs is 2. The lowest BCUT2D eigenvalue weighted by atomic mass is 10.1. The minimum Gasteiger partial charge on any atom is -0.489 e. The highest BCUT2D eigenvalue weighted by Crippen LogP contribution is 2.38. The van der Waals surface area contributed by atoms with Gasteiger partial charge in [-0.3, -0.25) is 4.31 Å². The van der Waals surface area contributed by atoms with Gasteiger partial charge >= 0.3 is 0 Å². The molecule has 0 unspecified atom stereocenters. The van der Waals surface area contributed by atoms with Crippen molar-refractivity contribution in [3.8, 4) is 16.9 Å². The molecular formula is C20H16N4O3S2.